The van der Waals surface area contributed by atoms with E-state index in [0.29, 0.717) is 50.7 Å². The lowest BCUT2D eigenvalue weighted by Gasteiger charge is -2.39. The maximum Gasteiger partial charge on any atom is 0.270 e. The Labute approximate surface area is 251 Å². The summed E-state index contributed by atoms with van der Waals surface area (Å²) >= 11 is 0. The third-order valence-electron chi connectivity index (χ3n) is 7.83. The van der Waals surface area contributed by atoms with Gasteiger partial charge in [0.1, 0.15) is 5.75 Å². The number of fused-ring (bicyclic) bond motifs is 1. The number of nitrogens with zero attached hydrogens (tertiary/aromatic N) is 2. The van der Waals surface area contributed by atoms with Gasteiger partial charge in [-0.25, -0.2) is 0 Å². The molecule has 236 valence electrons. The number of amides is 3. The van der Waals surface area contributed by atoms with Gasteiger partial charge in [0.25, 0.3) is 5.91 Å². The summed E-state index contributed by atoms with van der Waals surface area (Å²) in [7, 11) is 0. The molecule has 3 N–H and O–H groups in total. The molecule has 1 saturated heterocycles. The molecule has 1 aromatic rings. The van der Waals surface area contributed by atoms with Gasteiger partial charge < -0.3 is 35.1 Å². The van der Waals surface area contributed by atoms with Gasteiger partial charge in [-0.3, -0.25) is 14.4 Å². The summed E-state index contributed by atoms with van der Waals surface area (Å²) in [6, 6.07) is 5.70. The lowest BCUT2D eigenvalue weighted by molar-refractivity contribution is -0.133. The normalized spacial score (nSPS) is 21.2. The fourth-order valence-electron chi connectivity index (χ4n) is 5.36. The van der Waals surface area contributed by atoms with Gasteiger partial charge >= 0.3 is 0 Å². The van der Waals surface area contributed by atoms with Gasteiger partial charge in [-0.2, -0.15) is 0 Å². The highest BCUT2D eigenvalue weighted by atomic mass is 16.5. The van der Waals surface area contributed by atoms with E-state index in [9.17, 15) is 14.4 Å². The van der Waals surface area contributed by atoms with Crippen molar-refractivity contribution in [2.45, 2.75) is 85.3 Å². The zero-order valence-electron chi connectivity index (χ0n) is 26.4. The van der Waals surface area contributed by atoms with Gasteiger partial charge in [-0.15, -0.1) is 0 Å². The number of carbonyl (C=O) groups excluding carboxylic acids is 3. The molecule has 3 aliphatic rings. The average Bonchev–Trinajstić information content (AvgIpc) is 3.79. The summed E-state index contributed by atoms with van der Waals surface area (Å²) in [6.07, 6.45) is 4.81. The highest BCUT2D eigenvalue weighted by Crippen LogP contribution is 2.42. The first kappa shape index (κ1) is 33.8. The van der Waals surface area contributed by atoms with Gasteiger partial charge in [0, 0.05) is 51.2 Å². The fourth-order valence-corrected chi connectivity index (χ4v) is 5.36. The summed E-state index contributed by atoms with van der Waals surface area (Å²) < 4.78 is 16.7. The van der Waals surface area contributed by atoms with Crippen molar-refractivity contribution in [3.8, 4) is 5.75 Å². The van der Waals surface area contributed by atoms with Crippen LogP contribution in [0.1, 0.15) is 73.6 Å². The van der Waals surface area contributed by atoms with Gasteiger partial charge in [0.2, 0.25) is 11.8 Å². The van der Waals surface area contributed by atoms with Crippen LogP contribution in [0.3, 0.4) is 0 Å². The monoisotopic (exact) mass is 588 g/mol. The van der Waals surface area contributed by atoms with Crippen LogP contribution >= 0.6 is 0 Å². The minimum atomic E-state index is -0.982. The maximum atomic E-state index is 13.6. The van der Waals surface area contributed by atoms with Crippen molar-refractivity contribution in [3.63, 3.8) is 0 Å². The summed E-state index contributed by atoms with van der Waals surface area (Å²) in [5, 5.41) is 3.18. The quantitative estimate of drug-likeness (QED) is 0.335. The van der Waals surface area contributed by atoms with Crippen LogP contribution in [0.25, 0.3) is 0 Å². The molecule has 2 aliphatic heterocycles. The third kappa shape index (κ3) is 9.15. The molecule has 0 spiro atoms. The maximum absolute atomic E-state index is 13.6. The second kappa shape index (κ2) is 15.7. The van der Waals surface area contributed by atoms with E-state index < -0.39 is 5.60 Å². The Hall–Kier alpha value is -2.69. The number of ether oxygens (including phenoxy) is 3. The SMILES string of the molecule is CCOCCCC(C)C.CCOCCN1C(=O)C(C)(C)Oc2ccc(N(C(=O)[C@H]3CNC[C@@H](C(N)=O)C3)C3CC3)cc21. The number of nitrogens with one attached hydrogen (secondary N) is 1. The summed E-state index contributed by atoms with van der Waals surface area (Å²) in [6.45, 7) is 16.2. The van der Waals surface area contributed by atoms with Gasteiger partial charge in [-0.05, 0) is 83.9 Å². The molecule has 42 heavy (non-hydrogen) atoms. The van der Waals surface area contributed by atoms with Crippen molar-refractivity contribution in [1.82, 2.24) is 5.32 Å². The van der Waals surface area contributed by atoms with Gasteiger partial charge in [0.05, 0.1) is 24.1 Å². The Bertz CT molecular complexity index is 1060. The summed E-state index contributed by atoms with van der Waals surface area (Å²) in [5.41, 5.74) is 5.90. The Morgan fingerprint density at radius 1 is 1.12 bits per heavy atom. The van der Waals surface area contributed by atoms with Crippen molar-refractivity contribution in [3.05, 3.63) is 18.2 Å². The van der Waals surface area contributed by atoms with Gasteiger partial charge in [-0.1, -0.05) is 13.8 Å². The lowest BCUT2D eigenvalue weighted by atomic mass is 9.89. The molecule has 1 saturated carbocycles. The first-order valence-electron chi connectivity index (χ1n) is 15.6. The topological polar surface area (TPSA) is 123 Å². The Morgan fingerprint density at radius 2 is 1.79 bits per heavy atom. The molecule has 2 heterocycles. The van der Waals surface area contributed by atoms with Crippen LogP contribution in [0.15, 0.2) is 18.2 Å². The predicted octanol–water partition coefficient (Wildman–Crippen LogP) is 3.89. The molecule has 0 aromatic heterocycles. The minimum absolute atomic E-state index is 0.0137. The van der Waals surface area contributed by atoms with Gasteiger partial charge in [0.15, 0.2) is 5.60 Å². The van der Waals surface area contributed by atoms with Crippen LogP contribution in [-0.4, -0.2) is 75.4 Å². The van der Waals surface area contributed by atoms with Crippen LogP contribution in [-0.2, 0) is 23.9 Å². The third-order valence-corrected chi connectivity index (χ3v) is 7.83. The van der Waals surface area contributed by atoms with E-state index >= 15 is 0 Å². The first-order chi connectivity index (χ1) is 20.0. The number of piperidine rings is 1. The van der Waals surface area contributed by atoms with Crippen molar-refractivity contribution in [2.75, 3.05) is 55.9 Å². The van der Waals surface area contributed by atoms with Crippen molar-refractivity contribution >= 4 is 29.1 Å². The van der Waals surface area contributed by atoms with Crippen molar-refractivity contribution < 1.29 is 28.6 Å². The Kier molecular flexibility index (Phi) is 12.6. The van der Waals surface area contributed by atoms with Crippen molar-refractivity contribution in [1.29, 1.82) is 0 Å². The second-order valence-electron chi connectivity index (χ2n) is 12.3. The van der Waals surface area contributed by atoms with Crippen LogP contribution in [0.2, 0.25) is 0 Å². The molecule has 4 rings (SSSR count). The summed E-state index contributed by atoms with van der Waals surface area (Å²) in [4.78, 5) is 41.9. The molecule has 0 radical (unpaired) electrons. The van der Waals surface area contributed by atoms with Crippen LogP contribution < -0.4 is 25.6 Å². The number of rotatable bonds is 13. The molecule has 2 fully saturated rings. The molecule has 10 nitrogen and oxygen atoms in total. The minimum Gasteiger partial charge on any atom is -0.476 e. The number of hydrogen-bond acceptors (Lipinski definition) is 7. The van der Waals surface area contributed by atoms with E-state index in [0.717, 1.165) is 37.7 Å². The average molecular weight is 589 g/mol. The molecule has 0 unspecified atom stereocenters. The number of benzene rings is 1. The predicted molar refractivity (Wildman–Crippen MR) is 165 cm³/mol. The Morgan fingerprint density at radius 3 is 2.40 bits per heavy atom. The smallest absolute Gasteiger partial charge is 0.270 e. The molecule has 1 aliphatic carbocycles. The number of primary amides is 1. The molecule has 10 heteroatoms. The first-order valence-corrected chi connectivity index (χ1v) is 15.6. The number of carbonyl (C=O) groups is 3. The molecule has 1 aromatic carbocycles. The van der Waals surface area contributed by atoms with E-state index in [1.807, 2.05) is 36.9 Å². The highest BCUT2D eigenvalue weighted by molar-refractivity contribution is 6.04. The zero-order valence-corrected chi connectivity index (χ0v) is 26.4. The van der Waals surface area contributed by atoms with E-state index in [4.69, 9.17) is 19.9 Å². The summed E-state index contributed by atoms with van der Waals surface area (Å²) in [5.74, 6) is 0.229. The lowest BCUT2D eigenvalue weighted by Crippen LogP contribution is -2.53. The molecule has 2 atom stereocenters. The molecular weight excluding hydrogens is 536 g/mol. The molecule has 0 bridgehead atoms. The largest absolute Gasteiger partial charge is 0.476 e. The molecule has 3 amide bonds. The second-order valence-corrected chi connectivity index (χ2v) is 12.3. The van der Waals surface area contributed by atoms with Crippen LogP contribution in [0.4, 0.5) is 11.4 Å². The van der Waals surface area contributed by atoms with Crippen LogP contribution in [0.5, 0.6) is 5.75 Å². The van der Waals surface area contributed by atoms with E-state index in [2.05, 4.69) is 19.2 Å². The number of nitrogens with two attached hydrogens (primary N) is 1. The van der Waals surface area contributed by atoms with Crippen LogP contribution in [0, 0.1) is 17.8 Å². The van der Waals surface area contributed by atoms with E-state index in [1.165, 1.54) is 12.8 Å². The van der Waals surface area contributed by atoms with E-state index in [1.54, 1.807) is 18.7 Å². The fraction of sp³-hybridized carbons (Fsp3) is 0.719. The van der Waals surface area contributed by atoms with Crippen molar-refractivity contribution in [2.24, 2.45) is 23.5 Å². The zero-order chi connectivity index (χ0) is 30.9. The highest BCUT2D eigenvalue weighted by Gasteiger charge is 2.43. The van der Waals surface area contributed by atoms with E-state index in [-0.39, 0.29) is 35.6 Å². The number of anilines is 2. The number of hydrogen-bond donors (Lipinski definition) is 2. The standard InChI is InChI=1S/C24H34N4O5.C8H18O/c1-4-32-10-9-27-19-12-18(7-8-20(19)33-24(2,3)23(27)31)28(17-5-6-17)22(30)16-11-15(21(25)29)13-26-14-16;1-4-9-7-5-6-8(2)3/h7-8,12,15-17,26H,4-6,9-11,13-14H2,1-3H3,(H2,25,29);8H,4-7H2,1-3H3/t15-,16+;/m0./s1. The Balaban J connectivity index is 0.000000467. The molecular formula is C32H52N4O6.